The van der Waals surface area contributed by atoms with Crippen LogP contribution in [0.25, 0.3) is 0 Å². The number of aliphatic hydroxyl groups excluding tert-OH is 1. The van der Waals surface area contributed by atoms with Gasteiger partial charge >= 0.3 is 0 Å². The fraction of sp³-hybridized carbons (Fsp3) is 0.909. The van der Waals surface area contributed by atoms with Gasteiger partial charge in [0.2, 0.25) is 5.91 Å². The van der Waals surface area contributed by atoms with E-state index in [1.54, 1.807) is 0 Å². The summed E-state index contributed by atoms with van der Waals surface area (Å²) in [6, 6.07) is 0. The maximum atomic E-state index is 11.4. The summed E-state index contributed by atoms with van der Waals surface area (Å²) in [5, 5.41) is 12.0. The van der Waals surface area contributed by atoms with Crippen LogP contribution in [0.3, 0.4) is 0 Å². The molecule has 1 saturated carbocycles. The molecule has 0 aromatic heterocycles. The summed E-state index contributed by atoms with van der Waals surface area (Å²) in [5.41, 5.74) is 0.155. The van der Waals surface area contributed by atoms with Gasteiger partial charge in [0.15, 0.2) is 0 Å². The molecule has 3 heteroatoms. The molecule has 1 rings (SSSR count). The summed E-state index contributed by atoms with van der Waals surface area (Å²) in [5.74, 6) is 0.250. The molecule has 0 aromatic rings. The van der Waals surface area contributed by atoms with Crippen molar-refractivity contribution >= 4 is 5.91 Å². The van der Waals surface area contributed by atoms with Crippen LogP contribution in [0.5, 0.6) is 0 Å². The van der Waals surface area contributed by atoms with Gasteiger partial charge in [-0.05, 0) is 31.1 Å². The molecular weight excluding hydrogens is 178 g/mol. The van der Waals surface area contributed by atoms with Gasteiger partial charge in [-0.15, -0.1) is 0 Å². The van der Waals surface area contributed by atoms with Crippen LogP contribution < -0.4 is 5.32 Å². The molecule has 1 atom stereocenters. The van der Waals surface area contributed by atoms with Gasteiger partial charge in [0.25, 0.3) is 0 Å². The van der Waals surface area contributed by atoms with Crippen LogP contribution in [-0.4, -0.2) is 24.2 Å². The molecule has 2 N–H and O–H groups in total. The van der Waals surface area contributed by atoms with Crippen LogP contribution in [0.15, 0.2) is 0 Å². The second kappa shape index (κ2) is 4.78. The molecule has 1 aliphatic rings. The van der Waals surface area contributed by atoms with E-state index in [1.165, 1.54) is 0 Å². The number of carbonyl (C=O) groups is 1. The van der Waals surface area contributed by atoms with Gasteiger partial charge in [-0.1, -0.05) is 13.8 Å². The van der Waals surface area contributed by atoms with Gasteiger partial charge in [-0.3, -0.25) is 4.79 Å². The van der Waals surface area contributed by atoms with Crippen LogP contribution in [0.4, 0.5) is 0 Å². The first-order chi connectivity index (χ1) is 6.63. The molecule has 0 unspecified atom stereocenters. The number of hydrogen-bond acceptors (Lipinski definition) is 2. The maximum absolute atomic E-state index is 11.4. The van der Waals surface area contributed by atoms with Crippen molar-refractivity contribution in [2.24, 2.45) is 11.3 Å². The molecule has 0 spiro atoms. The molecule has 0 heterocycles. The molecule has 3 nitrogen and oxygen atoms in total. The van der Waals surface area contributed by atoms with Gasteiger partial charge in [0.05, 0.1) is 0 Å². The number of rotatable bonds is 6. The first kappa shape index (κ1) is 11.5. The van der Waals surface area contributed by atoms with E-state index in [1.807, 2.05) is 13.8 Å². The van der Waals surface area contributed by atoms with Gasteiger partial charge in [-0.25, -0.2) is 0 Å². The van der Waals surface area contributed by atoms with Crippen LogP contribution in [0.2, 0.25) is 0 Å². The van der Waals surface area contributed by atoms with Crippen molar-refractivity contribution in [2.75, 3.05) is 13.2 Å². The highest BCUT2D eigenvalue weighted by Crippen LogP contribution is 2.47. The Kier molecular flexibility index (Phi) is 3.93. The molecule has 0 aromatic carbocycles. The van der Waals surface area contributed by atoms with E-state index in [2.05, 4.69) is 5.32 Å². The minimum Gasteiger partial charge on any atom is -0.396 e. The zero-order chi connectivity index (χ0) is 10.6. The van der Waals surface area contributed by atoms with Gasteiger partial charge in [0.1, 0.15) is 0 Å². The van der Waals surface area contributed by atoms with Crippen molar-refractivity contribution in [3.63, 3.8) is 0 Å². The van der Waals surface area contributed by atoms with E-state index in [9.17, 15) is 4.79 Å². The molecule has 14 heavy (non-hydrogen) atoms. The summed E-state index contributed by atoms with van der Waals surface area (Å²) >= 11 is 0. The Morgan fingerprint density at radius 1 is 1.57 bits per heavy atom. The molecule has 0 aliphatic heterocycles. The number of carbonyl (C=O) groups excluding carboxylic acids is 1. The normalized spacial score (nSPS) is 20.2. The zero-order valence-corrected chi connectivity index (χ0v) is 9.18. The first-order valence-corrected chi connectivity index (χ1v) is 5.52. The predicted molar refractivity (Wildman–Crippen MR) is 55.8 cm³/mol. The van der Waals surface area contributed by atoms with Crippen LogP contribution in [0.1, 0.15) is 39.5 Å². The minimum absolute atomic E-state index is 0.110. The Balaban J connectivity index is 2.12. The van der Waals surface area contributed by atoms with Crippen molar-refractivity contribution in [2.45, 2.75) is 39.5 Å². The van der Waals surface area contributed by atoms with Gasteiger partial charge < -0.3 is 10.4 Å². The van der Waals surface area contributed by atoms with Crippen LogP contribution in [0, 0.1) is 11.3 Å². The van der Waals surface area contributed by atoms with Crippen molar-refractivity contribution < 1.29 is 9.90 Å². The molecule has 0 bridgehead atoms. The Hall–Kier alpha value is -0.570. The lowest BCUT2D eigenvalue weighted by Gasteiger charge is -2.13. The number of aliphatic hydroxyl groups is 1. The van der Waals surface area contributed by atoms with Crippen molar-refractivity contribution in [3.8, 4) is 0 Å². The number of hydrogen-bond donors (Lipinski definition) is 2. The summed E-state index contributed by atoms with van der Waals surface area (Å²) in [6.07, 6.45) is 4.04. The summed E-state index contributed by atoms with van der Waals surface area (Å²) in [4.78, 5) is 11.4. The molecular formula is C11H21NO2. The average molecular weight is 199 g/mol. The third-order valence-electron chi connectivity index (χ3n) is 3.31. The highest BCUT2D eigenvalue weighted by atomic mass is 16.3. The second-order valence-electron chi connectivity index (χ2n) is 4.51. The van der Waals surface area contributed by atoms with Crippen molar-refractivity contribution in [1.29, 1.82) is 0 Å². The Morgan fingerprint density at radius 3 is 2.64 bits per heavy atom. The standard InChI is InChI=1S/C11H21NO2/c1-3-9(2)10(14)12-7-6-11(8-13)4-5-11/h9,13H,3-8H2,1-2H3,(H,12,14)/t9-/m0/s1. The largest absolute Gasteiger partial charge is 0.396 e. The average Bonchev–Trinajstić information content (AvgIpc) is 2.97. The minimum atomic E-state index is 0.110. The lowest BCUT2D eigenvalue weighted by Crippen LogP contribution is -2.31. The summed E-state index contributed by atoms with van der Waals surface area (Å²) < 4.78 is 0. The molecule has 0 saturated heterocycles. The van der Waals surface area contributed by atoms with E-state index >= 15 is 0 Å². The fourth-order valence-corrected chi connectivity index (χ4v) is 1.47. The molecule has 82 valence electrons. The molecule has 1 amide bonds. The van der Waals surface area contributed by atoms with E-state index in [0.29, 0.717) is 6.54 Å². The lowest BCUT2D eigenvalue weighted by molar-refractivity contribution is -0.124. The number of amides is 1. The third kappa shape index (κ3) is 2.98. The zero-order valence-electron chi connectivity index (χ0n) is 9.18. The highest BCUT2D eigenvalue weighted by Gasteiger charge is 2.41. The van der Waals surface area contributed by atoms with Crippen LogP contribution in [-0.2, 0) is 4.79 Å². The molecule has 1 aliphatic carbocycles. The van der Waals surface area contributed by atoms with Crippen LogP contribution >= 0.6 is 0 Å². The Morgan fingerprint density at radius 2 is 2.21 bits per heavy atom. The van der Waals surface area contributed by atoms with E-state index in [0.717, 1.165) is 25.7 Å². The number of nitrogens with one attached hydrogen (secondary N) is 1. The summed E-state index contributed by atoms with van der Waals surface area (Å²) in [7, 11) is 0. The van der Waals surface area contributed by atoms with Gasteiger partial charge in [-0.2, -0.15) is 0 Å². The lowest BCUT2D eigenvalue weighted by atomic mass is 10.0. The van der Waals surface area contributed by atoms with E-state index < -0.39 is 0 Å². The molecule has 0 radical (unpaired) electrons. The van der Waals surface area contributed by atoms with Crippen molar-refractivity contribution in [3.05, 3.63) is 0 Å². The quantitative estimate of drug-likeness (QED) is 0.677. The SMILES string of the molecule is CC[C@H](C)C(=O)NCCC1(CO)CC1. The fourth-order valence-electron chi connectivity index (χ4n) is 1.47. The molecule has 1 fully saturated rings. The van der Waals surface area contributed by atoms with Crippen molar-refractivity contribution in [1.82, 2.24) is 5.32 Å². The van der Waals surface area contributed by atoms with E-state index in [4.69, 9.17) is 5.11 Å². The Bertz CT molecular complexity index is 199. The second-order valence-corrected chi connectivity index (χ2v) is 4.51. The Labute approximate surface area is 85.9 Å². The van der Waals surface area contributed by atoms with Gasteiger partial charge in [0, 0.05) is 19.1 Å². The van der Waals surface area contributed by atoms with E-state index in [-0.39, 0.29) is 23.8 Å². The first-order valence-electron chi connectivity index (χ1n) is 5.52. The highest BCUT2D eigenvalue weighted by molar-refractivity contribution is 5.78. The third-order valence-corrected chi connectivity index (χ3v) is 3.31. The summed E-state index contributed by atoms with van der Waals surface area (Å²) in [6.45, 7) is 4.94. The topological polar surface area (TPSA) is 49.3 Å². The predicted octanol–water partition coefficient (Wildman–Crippen LogP) is 1.31. The smallest absolute Gasteiger partial charge is 0.222 e. The monoisotopic (exact) mass is 199 g/mol. The maximum Gasteiger partial charge on any atom is 0.222 e.